The molecule has 0 aromatic carbocycles. The van der Waals surface area contributed by atoms with Gasteiger partial charge in [0.1, 0.15) is 6.10 Å². The summed E-state index contributed by atoms with van der Waals surface area (Å²) in [5, 5.41) is 0. The molecule has 0 unspecified atom stereocenters. The molecule has 0 saturated heterocycles. The number of hydrogen-bond acceptors (Lipinski definition) is 5. The SMILES string of the molecule is CC(=O)OC(=O)/C=C(C)/C=C/C=C(C)/C=C/C1=C(C)C[C@@H](OC(C)=O)CC1(C)C. The third-order valence-electron chi connectivity index (χ3n) is 4.61. The Morgan fingerprint density at radius 3 is 2.21 bits per heavy atom. The van der Waals surface area contributed by atoms with Gasteiger partial charge in [-0.25, -0.2) is 4.79 Å². The van der Waals surface area contributed by atoms with E-state index in [-0.39, 0.29) is 17.5 Å². The highest BCUT2D eigenvalue weighted by molar-refractivity contribution is 5.91. The maximum atomic E-state index is 11.4. The molecule has 0 amide bonds. The lowest BCUT2D eigenvalue weighted by atomic mass is 9.71. The number of ether oxygens (including phenoxy) is 2. The molecule has 0 heterocycles. The average molecular weight is 401 g/mol. The van der Waals surface area contributed by atoms with Crippen molar-refractivity contribution >= 4 is 17.9 Å². The lowest BCUT2D eigenvalue weighted by Crippen LogP contribution is -2.31. The van der Waals surface area contributed by atoms with Gasteiger partial charge in [0.15, 0.2) is 0 Å². The number of carbonyl (C=O) groups excluding carboxylic acids is 3. The summed E-state index contributed by atoms with van der Waals surface area (Å²) in [6.45, 7) is 12.8. The zero-order valence-corrected chi connectivity index (χ0v) is 18.5. The summed E-state index contributed by atoms with van der Waals surface area (Å²) in [7, 11) is 0. The van der Waals surface area contributed by atoms with Gasteiger partial charge in [-0.1, -0.05) is 55.4 Å². The van der Waals surface area contributed by atoms with E-state index >= 15 is 0 Å². The maximum Gasteiger partial charge on any atom is 0.338 e. The van der Waals surface area contributed by atoms with Gasteiger partial charge in [-0.3, -0.25) is 9.59 Å². The minimum Gasteiger partial charge on any atom is -0.462 e. The second-order valence-corrected chi connectivity index (χ2v) is 8.12. The minimum absolute atomic E-state index is 0.0660. The van der Waals surface area contributed by atoms with Crippen molar-refractivity contribution in [3.8, 4) is 0 Å². The molecule has 158 valence electrons. The number of carbonyl (C=O) groups is 3. The van der Waals surface area contributed by atoms with Gasteiger partial charge in [0.05, 0.1) is 0 Å². The van der Waals surface area contributed by atoms with Crippen LogP contribution in [0.5, 0.6) is 0 Å². The van der Waals surface area contributed by atoms with Gasteiger partial charge in [0.2, 0.25) is 0 Å². The predicted molar refractivity (Wildman–Crippen MR) is 114 cm³/mol. The van der Waals surface area contributed by atoms with E-state index in [2.05, 4.69) is 37.7 Å². The summed E-state index contributed by atoms with van der Waals surface area (Å²) in [5.41, 5.74) is 4.16. The first-order valence-electron chi connectivity index (χ1n) is 9.72. The molecule has 29 heavy (non-hydrogen) atoms. The van der Waals surface area contributed by atoms with Gasteiger partial charge in [-0.15, -0.1) is 0 Å². The van der Waals surface area contributed by atoms with Crippen molar-refractivity contribution in [2.45, 2.75) is 67.4 Å². The van der Waals surface area contributed by atoms with E-state index in [1.807, 2.05) is 19.1 Å². The van der Waals surface area contributed by atoms with Gasteiger partial charge in [0, 0.05) is 26.3 Å². The van der Waals surface area contributed by atoms with Crippen molar-refractivity contribution in [1.82, 2.24) is 0 Å². The quantitative estimate of drug-likeness (QED) is 0.267. The molecule has 0 fully saturated rings. The molecule has 0 aromatic heterocycles. The molecular formula is C24H32O5. The van der Waals surface area contributed by atoms with Crippen LogP contribution in [0.1, 0.15) is 61.3 Å². The number of rotatable bonds is 6. The lowest BCUT2D eigenvalue weighted by molar-refractivity contribution is -0.154. The monoisotopic (exact) mass is 400 g/mol. The second-order valence-electron chi connectivity index (χ2n) is 8.12. The van der Waals surface area contributed by atoms with Crippen LogP contribution in [-0.2, 0) is 23.9 Å². The molecule has 1 atom stereocenters. The largest absolute Gasteiger partial charge is 0.462 e. The van der Waals surface area contributed by atoms with Crippen molar-refractivity contribution < 1.29 is 23.9 Å². The highest BCUT2D eigenvalue weighted by Crippen LogP contribution is 2.42. The maximum absolute atomic E-state index is 11.4. The molecule has 5 nitrogen and oxygen atoms in total. The fourth-order valence-corrected chi connectivity index (χ4v) is 3.49. The highest BCUT2D eigenvalue weighted by Gasteiger charge is 2.33. The Hall–Kier alpha value is -2.69. The normalized spacial score (nSPS) is 20.3. The first-order chi connectivity index (χ1) is 13.4. The third kappa shape index (κ3) is 8.90. The molecular weight excluding hydrogens is 368 g/mol. The van der Waals surface area contributed by atoms with Gasteiger partial charge >= 0.3 is 17.9 Å². The molecule has 1 aliphatic rings. The van der Waals surface area contributed by atoms with Crippen molar-refractivity contribution in [1.29, 1.82) is 0 Å². The summed E-state index contributed by atoms with van der Waals surface area (Å²) in [6.07, 6.45) is 12.5. The first kappa shape index (κ1) is 24.3. The number of allylic oxidation sites excluding steroid dienone is 8. The summed E-state index contributed by atoms with van der Waals surface area (Å²) in [6, 6.07) is 0. The Labute approximate surface area is 173 Å². The first-order valence-corrected chi connectivity index (χ1v) is 9.72. The molecule has 0 aliphatic heterocycles. The standard InChI is InChI=1S/C24H32O5/c1-16(9-8-10-17(2)13-23(27)29-20(5)26)11-12-22-18(3)14-21(28-19(4)25)15-24(22,6)7/h8-13,21H,14-15H2,1-7H3/b10-8+,12-11+,16-9+,17-13+/t21-/m1/s1. The Kier molecular flexibility index (Phi) is 9.02. The number of esters is 3. The highest BCUT2D eigenvalue weighted by atomic mass is 16.6. The fourth-order valence-electron chi connectivity index (χ4n) is 3.49. The minimum atomic E-state index is -0.672. The topological polar surface area (TPSA) is 69.7 Å². The third-order valence-corrected chi connectivity index (χ3v) is 4.61. The summed E-state index contributed by atoms with van der Waals surface area (Å²) >= 11 is 0. The van der Waals surface area contributed by atoms with E-state index in [1.165, 1.54) is 31.1 Å². The van der Waals surface area contributed by atoms with Crippen LogP contribution in [0.15, 0.2) is 58.7 Å². The summed E-state index contributed by atoms with van der Waals surface area (Å²) < 4.78 is 9.89. The second kappa shape index (κ2) is 10.7. The van der Waals surface area contributed by atoms with Crippen LogP contribution in [0.4, 0.5) is 0 Å². The van der Waals surface area contributed by atoms with Crippen molar-refractivity contribution in [3.63, 3.8) is 0 Å². The van der Waals surface area contributed by atoms with E-state index in [4.69, 9.17) is 4.74 Å². The smallest absolute Gasteiger partial charge is 0.338 e. The molecule has 0 spiro atoms. The van der Waals surface area contributed by atoms with Crippen LogP contribution in [0.2, 0.25) is 0 Å². The van der Waals surface area contributed by atoms with E-state index < -0.39 is 11.9 Å². The summed E-state index contributed by atoms with van der Waals surface area (Å²) in [5.74, 6) is -1.53. The van der Waals surface area contributed by atoms with Crippen molar-refractivity contribution in [3.05, 3.63) is 58.7 Å². The van der Waals surface area contributed by atoms with Crippen LogP contribution in [0, 0.1) is 5.41 Å². The van der Waals surface area contributed by atoms with Crippen LogP contribution in [-0.4, -0.2) is 24.0 Å². The van der Waals surface area contributed by atoms with E-state index in [0.29, 0.717) is 5.57 Å². The van der Waals surface area contributed by atoms with Crippen LogP contribution in [0.3, 0.4) is 0 Å². The van der Waals surface area contributed by atoms with Crippen LogP contribution in [0.25, 0.3) is 0 Å². The molecule has 0 N–H and O–H groups in total. The molecule has 1 aliphatic carbocycles. The van der Waals surface area contributed by atoms with E-state index in [9.17, 15) is 14.4 Å². The molecule has 0 radical (unpaired) electrons. The Bertz CT molecular complexity index is 803. The molecule has 1 rings (SSSR count). The lowest BCUT2D eigenvalue weighted by Gasteiger charge is -2.37. The van der Waals surface area contributed by atoms with Crippen molar-refractivity contribution in [2.75, 3.05) is 0 Å². The molecule has 5 heteroatoms. The molecule has 0 bridgehead atoms. The van der Waals surface area contributed by atoms with Crippen molar-refractivity contribution in [2.24, 2.45) is 5.41 Å². The Morgan fingerprint density at radius 2 is 1.66 bits per heavy atom. The zero-order chi connectivity index (χ0) is 22.2. The fraction of sp³-hybridized carbons (Fsp3) is 0.458. The molecule has 0 aromatic rings. The van der Waals surface area contributed by atoms with Gasteiger partial charge in [-0.2, -0.15) is 0 Å². The van der Waals surface area contributed by atoms with Crippen LogP contribution >= 0.6 is 0 Å². The van der Waals surface area contributed by atoms with Crippen LogP contribution < -0.4 is 0 Å². The summed E-state index contributed by atoms with van der Waals surface area (Å²) in [4.78, 5) is 33.4. The van der Waals surface area contributed by atoms with E-state index in [1.54, 1.807) is 13.0 Å². The number of hydrogen-bond donors (Lipinski definition) is 0. The van der Waals surface area contributed by atoms with Gasteiger partial charge < -0.3 is 9.47 Å². The Balaban J connectivity index is 2.83. The zero-order valence-electron chi connectivity index (χ0n) is 18.5. The van der Waals surface area contributed by atoms with Gasteiger partial charge in [-0.05, 0) is 43.8 Å². The van der Waals surface area contributed by atoms with E-state index in [0.717, 1.165) is 18.4 Å². The Morgan fingerprint density at radius 1 is 1.00 bits per heavy atom. The average Bonchev–Trinajstić information content (AvgIpc) is 2.51. The predicted octanol–water partition coefficient (Wildman–Crippen LogP) is 5.15. The van der Waals surface area contributed by atoms with Gasteiger partial charge in [0.25, 0.3) is 0 Å². The molecule has 0 saturated carbocycles.